The highest BCUT2D eigenvalue weighted by atomic mass is 79.9. The summed E-state index contributed by atoms with van der Waals surface area (Å²) < 4.78 is 12.2. The second kappa shape index (κ2) is 7.47. The molecule has 2 atom stereocenters. The lowest BCUT2D eigenvalue weighted by molar-refractivity contribution is -0.145. The lowest BCUT2D eigenvalue weighted by Gasteiger charge is -2.35. The zero-order chi connectivity index (χ0) is 16.3. The number of carbonyl (C=O) groups excluding carboxylic acids is 1. The fourth-order valence-electron chi connectivity index (χ4n) is 2.61. The summed E-state index contributed by atoms with van der Waals surface area (Å²) in [4.78, 5) is 14.1. The van der Waals surface area contributed by atoms with Crippen LogP contribution in [0.15, 0.2) is 22.7 Å². The van der Waals surface area contributed by atoms with Gasteiger partial charge in [0.1, 0.15) is 5.75 Å². The number of rotatable bonds is 4. The van der Waals surface area contributed by atoms with Crippen molar-refractivity contribution in [1.82, 2.24) is 4.90 Å². The lowest BCUT2D eigenvalue weighted by atomic mass is 10.0. The number of morpholine rings is 1. The highest BCUT2D eigenvalue weighted by Gasteiger charge is 2.26. The van der Waals surface area contributed by atoms with Crippen molar-refractivity contribution >= 4 is 21.8 Å². The van der Waals surface area contributed by atoms with E-state index in [9.17, 15) is 4.79 Å². The Hall–Kier alpha value is -1.07. The summed E-state index contributed by atoms with van der Waals surface area (Å²) in [6.07, 6.45) is 0.148. The van der Waals surface area contributed by atoms with Gasteiger partial charge in [0, 0.05) is 13.1 Å². The number of benzene rings is 1. The first-order valence-corrected chi connectivity index (χ1v) is 8.51. The number of halogens is 1. The first-order valence-electron chi connectivity index (χ1n) is 7.72. The van der Waals surface area contributed by atoms with Gasteiger partial charge in [-0.05, 0) is 53.4 Å². The molecular weight excluding hydrogens is 346 g/mol. The normalized spacial score (nSPS) is 22.0. The predicted molar refractivity (Wildman–Crippen MR) is 90.3 cm³/mol. The molecule has 1 aliphatic heterocycles. The second-order valence-corrected chi connectivity index (χ2v) is 7.04. The molecule has 0 aliphatic carbocycles. The van der Waals surface area contributed by atoms with Crippen LogP contribution >= 0.6 is 15.9 Å². The van der Waals surface area contributed by atoms with Gasteiger partial charge in [-0.1, -0.05) is 19.9 Å². The molecule has 1 fully saturated rings. The smallest absolute Gasteiger partial charge is 0.260 e. The number of ether oxygens (including phenoxy) is 2. The van der Waals surface area contributed by atoms with E-state index < -0.39 is 0 Å². The van der Waals surface area contributed by atoms with Crippen LogP contribution in [-0.4, -0.2) is 42.7 Å². The summed E-state index contributed by atoms with van der Waals surface area (Å²) in [6, 6.07) is 5.99. The Morgan fingerprint density at radius 3 is 2.55 bits per heavy atom. The molecule has 5 heteroatoms. The van der Waals surface area contributed by atoms with Crippen LogP contribution in [0.3, 0.4) is 0 Å². The molecule has 1 heterocycles. The van der Waals surface area contributed by atoms with Gasteiger partial charge in [0.2, 0.25) is 0 Å². The number of carbonyl (C=O) groups is 1. The van der Waals surface area contributed by atoms with Crippen molar-refractivity contribution < 1.29 is 14.3 Å². The van der Waals surface area contributed by atoms with E-state index in [0.717, 1.165) is 4.47 Å². The maximum atomic E-state index is 12.3. The van der Waals surface area contributed by atoms with Crippen molar-refractivity contribution in [1.29, 1.82) is 0 Å². The van der Waals surface area contributed by atoms with Gasteiger partial charge in [-0.3, -0.25) is 4.79 Å². The fourth-order valence-corrected chi connectivity index (χ4v) is 3.12. The average Bonchev–Trinajstić information content (AvgIpc) is 2.44. The van der Waals surface area contributed by atoms with Crippen molar-refractivity contribution in [3.8, 4) is 5.75 Å². The minimum Gasteiger partial charge on any atom is -0.483 e. The summed E-state index contributed by atoms with van der Waals surface area (Å²) in [7, 11) is 0. The Morgan fingerprint density at radius 1 is 1.36 bits per heavy atom. The van der Waals surface area contributed by atoms with Gasteiger partial charge < -0.3 is 14.4 Å². The molecule has 0 saturated carbocycles. The van der Waals surface area contributed by atoms with Crippen LogP contribution in [-0.2, 0) is 9.53 Å². The van der Waals surface area contributed by atoms with Gasteiger partial charge in [-0.25, -0.2) is 0 Å². The van der Waals surface area contributed by atoms with E-state index in [1.165, 1.54) is 5.56 Å². The Morgan fingerprint density at radius 2 is 2.00 bits per heavy atom. The standard InChI is InChI=1S/C17H24BrNO3/c1-11(2)14-5-6-16(15(18)7-14)21-10-17(20)19-8-12(3)22-13(4)9-19/h5-7,11-13H,8-10H2,1-4H3. The Labute approximate surface area is 140 Å². The second-order valence-electron chi connectivity index (χ2n) is 6.19. The van der Waals surface area contributed by atoms with Crippen LogP contribution in [0.4, 0.5) is 0 Å². The van der Waals surface area contributed by atoms with E-state index in [-0.39, 0.29) is 24.7 Å². The summed E-state index contributed by atoms with van der Waals surface area (Å²) in [5.41, 5.74) is 1.24. The zero-order valence-electron chi connectivity index (χ0n) is 13.6. The molecule has 1 saturated heterocycles. The topological polar surface area (TPSA) is 38.8 Å². The molecule has 1 aromatic rings. The molecule has 1 aliphatic rings. The summed E-state index contributed by atoms with van der Waals surface area (Å²) in [5.74, 6) is 1.16. The van der Waals surface area contributed by atoms with E-state index >= 15 is 0 Å². The molecule has 0 bridgehead atoms. The molecule has 1 aromatic carbocycles. The van der Waals surface area contributed by atoms with Gasteiger partial charge in [-0.15, -0.1) is 0 Å². The highest BCUT2D eigenvalue weighted by Crippen LogP contribution is 2.29. The van der Waals surface area contributed by atoms with Gasteiger partial charge in [0.25, 0.3) is 5.91 Å². The molecule has 4 nitrogen and oxygen atoms in total. The molecule has 0 N–H and O–H groups in total. The first-order chi connectivity index (χ1) is 10.4. The zero-order valence-corrected chi connectivity index (χ0v) is 15.2. The van der Waals surface area contributed by atoms with Crippen LogP contribution < -0.4 is 4.74 Å². The minimum atomic E-state index is 0.00170. The lowest BCUT2D eigenvalue weighted by Crippen LogP contribution is -2.49. The molecule has 122 valence electrons. The van der Waals surface area contributed by atoms with Crippen molar-refractivity contribution in [2.45, 2.75) is 45.8 Å². The van der Waals surface area contributed by atoms with Crippen molar-refractivity contribution in [2.75, 3.05) is 19.7 Å². The van der Waals surface area contributed by atoms with Crippen molar-refractivity contribution in [3.63, 3.8) is 0 Å². The number of hydrogen-bond acceptors (Lipinski definition) is 3. The predicted octanol–water partition coefficient (Wildman–Crippen LogP) is 3.59. The third kappa shape index (κ3) is 4.46. The maximum absolute atomic E-state index is 12.3. The van der Waals surface area contributed by atoms with E-state index in [2.05, 4.69) is 29.8 Å². The number of nitrogens with zero attached hydrogens (tertiary/aromatic N) is 1. The van der Waals surface area contributed by atoms with Crippen molar-refractivity contribution in [3.05, 3.63) is 28.2 Å². The van der Waals surface area contributed by atoms with Crippen LogP contribution in [0.5, 0.6) is 5.75 Å². The SMILES string of the molecule is CC1CN(C(=O)COc2ccc(C(C)C)cc2Br)CC(C)O1. The van der Waals surface area contributed by atoms with E-state index in [1.54, 1.807) is 0 Å². The Kier molecular flexibility index (Phi) is 5.87. The molecular formula is C17H24BrNO3. The average molecular weight is 370 g/mol. The summed E-state index contributed by atoms with van der Waals surface area (Å²) in [5, 5.41) is 0. The summed E-state index contributed by atoms with van der Waals surface area (Å²) >= 11 is 3.51. The van der Waals surface area contributed by atoms with Crippen LogP contribution in [0.25, 0.3) is 0 Å². The van der Waals surface area contributed by atoms with Gasteiger partial charge >= 0.3 is 0 Å². The molecule has 2 unspecified atom stereocenters. The van der Waals surface area contributed by atoms with Gasteiger partial charge in [0.05, 0.1) is 16.7 Å². The van der Waals surface area contributed by atoms with Gasteiger partial charge in [0.15, 0.2) is 6.61 Å². The number of hydrogen-bond donors (Lipinski definition) is 0. The van der Waals surface area contributed by atoms with Crippen LogP contribution in [0.2, 0.25) is 0 Å². The minimum absolute atomic E-state index is 0.00170. The van der Waals surface area contributed by atoms with Gasteiger partial charge in [-0.2, -0.15) is 0 Å². The third-order valence-corrected chi connectivity index (χ3v) is 4.37. The highest BCUT2D eigenvalue weighted by molar-refractivity contribution is 9.10. The Bertz CT molecular complexity index is 523. The van der Waals surface area contributed by atoms with E-state index in [4.69, 9.17) is 9.47 Å². The van der Waals surface area contributed by atoms with Crippen LogP contribution in [0, 0.1) is 0 Å². The molecule has 0 aromatic heterocycles. The maximum Gasteiger partial charge on any atom is 0.260 e. The van der Waals surface area contributed by atoms with E-state index in [1.807, 2.05) is 36.9 Å². The molecule has 1 amide bonds. The summed E-state index contributed by atoms with van der Waals surface area (Å²) in [6.45, 7) is 9.56. The molecule has 0 spiro atoms. The first kappa shape index (κ1) is 17.3. The fraction of sp³-hybridized carbons (Fsp3) is 0.588. The van der Waals surface area contributed by atoms with Crippen LogP contribution in [0.1, 0.15) is 39.2 Å². The number of amides is 1. The molecule has 2 rings (SSSR count). The monoisotopic (exact) mass is 369 g/mol. The molecule has 22 heavy (non-hydrogen) atoms. The van der Waals surface area contributed by atoms with Crippen molar-refractivity contribution in [2.24, 2.45) is 0 Å². The van der Waals surface area contributed by atoms with E-state index in [0.29, 0.717) is 24.8 Å². The largest absolute Gasteiger partial charge is 0.483 e. The third-order valence-electron chi connectivity index (χ3n) is 3.75. The molecule has 0 radical (unpaired) electrons. The Balaban J connectivity index is 1.93. The quantitative estimate of drug-likeness (QED) is 0.813.